The van der Waals surface area contributed by atoms with Crippen molar-refractivity contribution in [2.24, 2.45) is 11.8 Å². The number of likely N-dealkylation sites (tertiary alicyclic amines) is 1. The summed E-state index contributed by atoms with van der Waals surface area (Å²) in [4.78, 5) is 24.3. The molecule has 1 saturated heterocycles. The van der Waals surface area contributed by atoms with E-state index in [2.05, 4.69) is 20.2 Å². The minimum absolute atomic E-state index is 0.0835. The van der Waals surface area contributed by atoms with E-state index in [1.54, 1.807) is 12.3 Å². The van der Waals surface area contributed by atoms with Gasteiger partial charge in [0.05, 0.1) is 11.7 Å². The number of carbonyl (C=O) groups excluding carboxylic acids is 1. The lowest BCUT2D eigenvalue weighted by Gasteiger charge is -2.39. The van der Waals surface area contributed by atoms with E-state index in [0.29, 0.717) is 11.6 Å². The summed E-state index contributed by atoms with van der Waals surface area (Å²) in [5.74, 6) is 1.10. The molecule has 1 aliphatic heterocycles. The van der Waals surface area contributed by atoms with E-state index in [9.17, 15) is 4.79 Å². The number of carbonyl (C=O) groups is 1. The lowest BCUT2D eigenvalue weighted by atomic mass is 9.85. The van der Waals surface area contributed by atoms with Crippen LogP contribution in [0.3, 0.4) is 0 Å². The molecule has 154 valence electrons. The molecule has 1 N–H and O–H groups in total. The zero-order valence-electron chi connectivity index (χ0n) is 17.2. The molecule has 3 heterocycles. The summed E-state index contributed by atoms with van der Waals surface area (Å²) < 4.78 is 0. The Morgan fingerprint density at radius 2 is 1.79 bits per heavy atom. The topological polar surface area (TPSA) is 58.1 Å². The van der Waals surface area contributed by atoms with Crippen LogP contribution in [-0.4, -0.2) is 40.4 Å². The van der Waals surface area contributed by atoms with E-state index in [0.717, 1.165) is 24.6 Å². The number of piperidine rings is 1. The molecule has 0 aromatic carbocycles. The van der Waals surface area contributed by atoms with Crippen LogP contribution >= 0.6 is 0 Å². The van der Waals surface area contributed by atoms with E-state index in [-0.39, 0.29) is 11.9 Å². The molecule has 0 radical (unpaired) electrons. The summed E-state index contributed by atoms with van der Waals surface area (Å²) in [6.07, 6.45) is 12.7. The molecule has 5 heteroatoms. The van der Waals surface area contributed by atoms with E-state index in [1.165, 1.54) is 51.6 Å². The quantitative estimate of drug-likeness (QED) is 0.799. The number of rotatable bonds is 6. The molecule has 1 aliphatic carbocycles. The van der Waals surface area contributed by atoms with Gasteiger partial charge < -0.3 is 10.2 Å². The number of hydrogen-bond acceptors (Lipinski definition) is 4. The first-order valence-corrected chi connectivity index (χ1v) is 11.1. The maximum absolute atomic E-state index is 12.9. The van der Waals surface area contributed by atoms with Crippen LogP contribution in [0.5, 0.6) is 0 Å². The van der Waals surface area contributed by atoms with Crippen LogP contribution in [0.2, 0.25) is 0 Å². The maximum Gasteiger partial charge on any atom is 0.270 e. The zero-order valence-corrected chi connectivity index (χ0v) is 17.2. The second kappa shape index (κ2) is 9.97. The van der Waals surface area contributed by atoms with Gasteiger partial charge in [-0.25, -0.2) is 0 Å². The van der Waals surface area contributed by atoms with Gasteiger partial charge in [0.1, 0.15) is 5.69 Å². The molecular weight excluding hydrogens is 360 g/mol. The van der Waals surface area contributed by atoms with Crippen molar-refractivity contribution < 1.29 is 4.79 Å². The summed E-state index contributed by atoms with van der Waals surface area (Å²) in [6.45, 7) is 3.41. The average Bonchev–Trinajstić information content (AvgIpc) is 2.79. The van der Waals surface area contributed by atoms with Gasteiger partial charge in [0.2, 0.25) is 0 Å². The first-order valence-electron chi connectivity index (χ1n) is 11.1. The number of hydrogen-bond donors (Lipinski definition) is 1. The molecule has 2 unspecified atom stereocenters. The van der Waals surface area contributed by atoms with Gasteiger partial charge in [-0.2, -0.15) is 0 Å². The summed E-state index contributed by atoms with van der Waals surface area (Å²) in [5.41, 5.74) is 1.41. The predicted molar refractivity (Wildman–Crippen MR) is 114 cm³/mol. The third kappa shape index (κ3) is 5.41. The van der Waals surface area contributed by atoms with Crippen LogP contribution in [-0.2, 0) is 0 Å². The van der Waals surface area contributed by atoms with Gasteiger partial charge in [0.15, 0.2) is 0 Å². The number of pyridine rings is 2. The smallest absolute Gasteiger partial charge is 0.270 e. The van der Waals surface area contributed by atoms with Crippen LogP contribution < -0.4 is 5.32 Å². The molecule has 1 amide bonds. The van der Waals surface area contributed by atoms with Gasteiger partial charge in [-0.15, -0.1) is 0 Å². The van der Waals surface area contributed by atoms with E-state index in [1.807, 2.05) is 36.5 Å². The first kappa shape index (κ1) is 20.0. The Morgan fingerprint density at radius 3 is 2.52 bits per heavy atom. The molecule has 2 aliphatic rings. The minimum Gasteiger partial charge on any atom is -0.342 e. The first-order chi connectivity index (χ1) is 14.3. The molecule has 4 rings (SSSR count). The van der Waals surface area contributed by atoms with Crippen LogP contribution in [0, 0.1) is 11.8 Å². The van der Waals surface area contributed by atoms with Crippen molar-refractivity contribution in [3.63, 3.8) is 0 Å². The monoisotopic (exact) mass is 392 g/mol. The summed E-state index contributed by atoms with van der Waals surface area (Å²) >= 11 is 0. The third-order valence-electron chi connectivity index (χ3n) is 6.45. The van der Waals surface area contributed by atoms with E-state index >= 15 is 0 Å². The molecule has 2 atom stereocenters. The highest BCUT2D eigenvalue weighted by molar-refractivity contribution is 5.92. The second-order valence-corrected chi connectivity index (χ2v) is 8.59. The fourth-order valence-electron chi connectivity index (χ4n) is 4.97. The third-order valence-corrected chi connectivity index (χ3v) is 6.45. The SMILES string of the molecule is O=C(NC(c1ccccn1)C1CCCN(CC2CCCCC2)C1)c1ccccn1. The Kier molecular flexibility index (Phi) is 6.88. The molecule has 29 heavy (non-hydrogen) atoms. The molecule has 2 fully saturated rings. The van der Waals surface area contributed by atoms with Crippen LogP contribution in [0.15, 0.2) is 48.8 Å². The second-order valence-electron chi connectivity index (χ2n) is 8.59. The van der Waals surface area contributed by atoms with Gasteiger partial charge in [-0.05, 0) is 68.3 Å². The summed E-state index contributed by atoms with van der Waals surface area (Å²) in [5, 5.41) is 3.25. The van der Waals surface area contributed by atoms with Crippen molar-refractivity contribution in [3.05, 3.63) is 60.2 Å². The number of aromatic nitrogens is 2. The lowest BCUT2D eigenvalue weighted by Crippen LogP contribution is -2.45. The van der Waals surface area contributed by atoms with Gasteiger partial charge >= 0.3 is 0 Å². The molecule has 2 aromatic rings. The maximum atomic E-state index is 12.9. The van der Waals surface area contributed by atoms with Gasteiger partial charge in [-0.1, -0.05) is 31.4 Å². The van der Waals surface area contributed by atoms with Crippen molar-refractivity contribution in [3.8, 4) is 0 Å². The molecule has 2 aromatic heterocycles. The molecule has 1 saturated carbocycles. The molecule has 0 bridgehead atoms. The Labute approximate surface area is 173 Å². The average molecular weight is 393 g/mol. The highest BCUT2D eigenvalue weighted by Crippen LogP contribution is 2.31. The fourth-order valence-corrected chi connectivity index (χ4v) is 4.97. The number of nitrogens with one attached hydrogen (secondary N) is 1. The van der Waals surface area contributed by atoms with Crippen molar-refractivity contribution in [1.29, 1.82) is 0 Å². The number of amides is 1. The van der Waals surface area contributed by atoms with Crippen molar-refractivity contribution in [2.75, 3.05) is 19.6 Å². The highest BCUT2D eigenvalue weighted by Gasteiger charge is 2.31. The Bertz CT molecular complexity index is 761. The van der Waals surface area contributed by atoms with E-state index < -0.39 is 0 Å². The normalized spacial score (nSPS) is 22.1. The fraction of sp³-hybridized carbons (Fsp3) is 0.542. The standard InChI is InChI=1S/C24H32N4O/c29-24(22-13-5-7-15-26-22)27-23(21-12-4-6-14-25-21)20-11-8-16-28(18-20)17-19-9-2-1-3-10-19/h4-7,12-15,19-20,23H,1-3,8-11,16-18H2,(H,27,29). The van der Waals surface area contributed by atoms with Gasteiger partial charge in [0.25, 0.3) is 5.91 Å². The highest BCUT2D eigenvalue weighted by atomic mass is 16.1. The zero-order chi connectivity index (χ0) is 19.9. The van der Waals surface area contributed by atoms with Crippen LogP contribution in [0.25, 0.3) is 0 Å². The van der Waals surface area contributed by atoms with Crippen molar-refractivity contribution >= 4 is 5.91 Å². The molecule has 5 nitrogen and oxygen atoms in total. The lowest BCUT2D eigenvalue weighted by molar-refractivity contribution is 0.0851. The molecule has 0 spiro atoms. The van der Waals surface area contributed by atoms with Gasteiger partial charge in [-0.3, -0.25) is 14.8 Å². The van der Waals surface area contributed by atoms with Crippen molar-refractivity contribution in [1.82, 2.24) is 20.2 Å². The van der Waals surface area contributed by atoms with Crippen LogP contribution in [0.1, 0.15) is 67.2 Å². The Hall–Kier alpha value is -2.27. The van der Waals surface area contributed by atoms with Gasteiger partial charge in [0, 0.05) is 25.5 Å². The van der Waals surface area contributed by atoms with Crippen LogP contribution in [0.4, 0.5) is 0 Å². The predicted octanol–water partition coefficient (Wildman–Crippen LogP) is 4.24. The Morgan fingerprint density at radius 1 is 1.00 bits per heavy atom. The minimum atomic E-state index is -0.120. The summed E-state index contributed by atoms with van der Waals surface area (Å²) in [6, 6.07) is 11.3. The largest absolute Gasteiger partial charge is 0.342 e. The summed E-state index contributed by atoms with van der Waals surface area (Å²) in [7, 11) is 0. The number of nitrogens with zero attached hydrogens (tertiary/aromatic N) is 3. The van der Waals surface area contributed by atoms with Crippen molar-refractivity contribution in [2.45, 2.75) is 51.0 Å². The Balaban J connectivity index is 1.47. The van der Waals surface area contributed by atoms with E-state index in [4.69, 9.17) is 0 Å². The molecular formula is C24H32N4O.